The standard InChI is InChI=1S/C12H16N4S/c1-9-4-14-16(6-9)7-11-8-17-12(15-11)5-13-10-2-3-10/h4,6,8,10,13H,2-3,5,7H2,1H3. The zero-order valence-electron chi connectivity index (χ0n) is 9.89. The quantitative estimate of drug-likeness (QED) is 0.879. The highest BCUT2D eigenvalue weighted by atomic mass is 32.1. The van der Waals surface area contributed by atoms with Gasteiger partial charge in [-0.25, -0.2) is 4.98 Å². The molecule has 3 rings (SSSR count). The van der Waals surface area contributed by atoms with Crippen LogP contribution in [0.15, 0.2) is 17.8 Å². The summed E-state index contributed by atoms with van der Waals surface area (Å²) >= 11 is 1.73. The number of aromatic nitrogens is 3. The molecule has 0 spiro atoms. The maximum atomic E-state index is 4.61. The van der Waals surface area contributed by atoms with Gasteiger partial charge in [-0.2, -0.15) is 5.10 Å². The molecular weight excluding hydrogens is 232 g/mol. The molecule has 0 aromatic carbocycles. The number of rotatable bonds is 5. The van der Waals surface area contributed by atoms with Gasteiger partial charge in [0.15, 0.2) is 0 Å². The summed E-state index contributed by atoms with van der Waals surface area (Å²) in [6, 6.07) is 0.746. The molecular formula is C12H16N4S. The van der Waals surface area contributed by atoms with Crippen LogP contribution in [0.2, 0.25) is 0 Å². The van der Waals surface area contributed by atoms with Crippen LogP contribution in [0, 0.1) is 6.92 Å². The lowest BCUT2D eigenvalue weighted by molar-refractivity contribution is 0.659. The Morgan fingerprint density at radius 1 is 1.53 bits per heavy atom. The zero-order valence-corrected chi connectivity index (χ0v) is 10.7. The van der Waals surface area contributed by atoms with Crippen molar-refractivity contribution in [3.63, 3.8) is 0 Å². The summed E-state index contributed by atoms with van der Waals surface area (Å²) < 4.78 is 1.93. The summed E-state index contributed by atoms with van der Waals surface area (Å²) in [7, 11) is 0. The van der Waals surface area contributed by atoms with Crippen LogP contribution in [0.25, 0.3) is 0 Å². The van der Waals surface area contributed by atoms with E-state index in [1.54, 1.807) is 11.3 Å². The molecule has 4 nitrogen and oxygen atoms in total. The van der Waals surface area contributed by atoms with Crippen molar-refractivity contribution in [1.82, 2.24) is 20.1 Å². The summed E-state index contributed by atoms with van der Waals surface area (Å²) in [5.74, 6) is 0. The molecule has 0 aliphatic heterocycles. The minimum Gasteiger partial charge on any atom is -0.308 e. The van der Waals surface area contributed by atoms with Crippen LogP contribution in [0.3, 0.4) is 0 Å². The third kappa shape index (κ3) is 2.92. The van der Waals surface area contributed by atoms with Gasteiger partial charge in [-0.1, -0.05) is 0 Å². The molecule has 1 aliphatic carbocycles. The van der Waals surface area contributed by atoms with Crippen molar-refractivity contribution in [3.05, 3.63) is 34.0 Å². The van der Waals surface area contributed by atoms with Gasteiger partial charge in [-0.3, -0.25) is 4.68 Å². The van der Waals surface area contributed by atoms with Gasteiger partial charge in [-0.05, 0) is 25.3 Å². The van der Waals surface area contributed by atoms with E-state index in [4.69, 9.17) is 0 Å². The van der Waals surface area contributed by atoms with Crippen molar-refractivity contribution in [1.29, 1.82) is 0 Å². The lowest BCUT2D eigenvalue weighted by Gasteiger charge is -1.98. The fourth-order valence-corrected chi connectivity index (χ4v) is 2.48. The minimum atomic E-state index is 0.746. The maximum absolute atomic E-state index is 4.61. The van der Waals surface area contributed by atoms with E-state index >= 15 is 0 Å². The molecule has 0 radical (unpaired) electrons. The molecule has 0 unspecified atom stereocenters. The second-order valence-corrected chi connectivity index (χ2v) is 5.55. The highest BCUT2D eigenvalue weighted by Crippen LogP contribution is 2.20. The molecule has 1 saturated carbocycles. The van der Waals surface area contributed by atoms with Gasteiger partial charge in [0.25, 0.3) is 0 Å². The summed E-state index contributed by atoms with van der Waals surface area (Å²) in [4.78, 5) is 4.61. The van der Waals surface area contributed by atoms with Gasteiger partial charge in [0.2, 0.25) is 0 Å². The smallest absolute Gasteiger partial charge is 0.107 e. The second-order valence-electron chi connectivity index (χ2n) is 4.60. The van der Waals surface area contributed by atoms with E-state index in [-0.39, 0.29) is 0 Å². The number of hydrogen-bond acceptors (Lipinski definition) is 4. The molecule has 17 heavy (non-hydrogen) atoms. The molecule has 90 valence electrons. The Morgan fingerprint density at radius 3 is 3.12 bits per heavy atom. The van der Waals surface area contributed by atoms with E-state index in [1.807, 2.05) is 17.1 Å². The monoisotopic (exact) mass is 248 g/mol. The Hall–Kier alpha value is -1.20. The molecule has 1 N–H and O–H groups in total. The number of nitrogens with one attached hydrogen (secondary N) is 1. The third-order valence-electron chi connectivity index (χ3n) is 2.80. The topological polar surface area (TPSA) is 42.7 Å². The Balaban J connectivity index is 1.59. The molecule has 1 aliphatic rings. The number of aryl methyl sites for hydroxylation is 1. The largest absolute Gasteiger partial charge is 0.308 e. The van der Waals surface area contributed by atoms with E-state index in [0.29, 0.717) is 0 Å². The lowest BCUT2D eigenvalue weighted by Crippen LogP contribution is -2.15. The van der Waals surface area contributed by atoms with E-state index < -0.39 is 0 Å². The third-order valence-corrected chi connectivity index (χ3v) is 3.70. The highest BCUT2D eigenvalue weighted by molar-refractivity contribution is 7.09. The van der Waals surface area contributed by atoms with Crippen molar-refractivity contribution >= 4 is 11.3 Å². The Kier molecular flexibility index (Phi) is 2.94. The van der Waals surface area contributed by atoms with Crippen LogP contribution in [0.1, 0.15) is 29.1 Å². The average Bonchev–Trinajstić information content (AvgIpc) is 2.90. The van der Waals surface area contributed by atoms with Crippen LogP contribution >= 0.6 is 11.3 Å². The predicted molar refractivity (Wildman–Crippen MR) is 68.0 cm³/mol. The predicted octanol–water partition coefficient (Wildman–Crippen LogP) is 1.95. The van der Waals surface area contributed by atoms with Gasteiger partial charge in [-0.15, -0.1) is 11.3 Å². The number of nitrogens with zero attached hydrogens (tertiary/aromatic N) is 3. The molecule has 0 saturated heterocycles. The maximum Gasteiger partial charge on any atom is 0.107 e. The fourth-order valence-electron chi connectivity index (χ4n) is 1.74. The van der Waals surface area contributed by atoms with E-state index in [2.05, 4.69) is 27.7 Å². The summed E-state index contributed by atoms with van der Waals surface area (Å²) in [5.41, 5.74) is 2.29. The zero-order chi connectivity index (χ0) is 11.7. The van der Waals surface area contributed by atoms with Crippen LogP contribution in [0.4, 0.5) is 0 Å². The number of thiazole rings is 1. The molecule has 2 heterocycles. The molecule has 2 aromatic rings. The minimum absolute atomic E-state index is 0.746. The van der Waals surface area contributed by atoms with E-state index in [1.165, 1.54) is 23.4 Å². The highest BCUT2D eigenvalue weighted by Gasteiger charge is 2.20. The first-order valence-electron chi connectivity index (χ1n) is 5.95. The molecule has 0 amide bonds. The Labute approximate surface area is 105 Å². The van der Waals surface area contributed by atoms with E-state index in [0.717, 1.165) is 24.8 Å². The van der Waals surface area contributed by atoms with Crippen LogP contribution < -0.4 is 5.32 Å². The SMILES string of the molecule is Cc1cnn(Cc2csc(CNC3CC3)n2)c1. The van der Waals surface area contributed by atoms with Gasteiger partial charge < -0.3 is 5.32 Å². The average molecular weight is 248 g/mol. The molecule has 1 fully saturated rings. The first-order valence-corrected chi connectivity index (χ1v) is 6.83. The lowest BCUT2D eigenvalue weighted by atomic mass is 10.4. The molecule has 0 bridgehead atoms. The van der Waals surface area contributed by atoms with Gasteiger partial charge in [0.05, 0.1) is 18.4 Å². The molecule has 5 heteroatoms. The first kappa shape index (κ1) is 10.9. The van der Waals surface area contributed by atoms with Gasteiger partial charge in [0, 0.05) is 24.2 Å². The molecule has 2 aromatic heterocycles. The Bertz CT molecular complexity index is 498. The fraction of sp³-hybridized carbons (Fsp3) is 0.500. The molecule has 0 atom stereocenters. The summed E-state index contributed by atoms with van der Waals surface area (Å²) in [6.45, 7) is 3.73. The van der Waals surface area contributed by atoms with Crippen LogP contribution in [0.5, 0.6) is 0 Å². The van der Waals surface area contributed by atoms with Crippen molar-refractivity contribution < 1.29 is 0 Å². The van der Waals surface area contributed by atoms with E-state index in [9.17, 15) is 0 Å². The van der Waals surface area contributed by atoms with Crippen LogP contribution in [-0.4, -0.2) is 20.8 Å². The van der Waals surface area contributed by atoms with Gasteiger partial charge in [0.1, 0.15) is 5.01 Å². The van der Waals surface area contributed by atoms with Crippen molar-refractivity contribution in [3.8, 4) is 0 Å². The summed E-state index contributed by atoms with van der Waals surface area (Å²) in [5, 5.41) is 11.1. The second kappa shape index (κ2) is 4.58. The van der Waals surface area contributed by atoms with Crippen molar-refractivity contribution in [2.24, 2.45) is 0 Å². The normalized spacial score (nSPS) is 15.4. The van der Waals surface area contributed by atoms with Crippen molar-refractivity contribution in [2.45, 2.75) is 38.9 Å². The Morgan fingerprint density at radius 2 is 2.41 bits per heavy atom. The summed E-state index contributed by atoms with van der Waals surface area (Å²) in [6.07, 6.45) is 6.57. The van der Waals surface area contributed by atoms with Gasteiger partial charge >= 0.3 is 0 Å². The van der Waals surface area contributed by atoms with Crippen LogP contribution in [-0.2, 0) is 13.1 Å². The number of hydrogen-bond donors (Lipinski definition) is 1. The van der Waals surface area contributed by atoms with Crippen molar-refractivity contribution in [2.75, 3.05) is 0 Å². The first-order chi connectivity index (χ1) is 8.29.